The smallest absolute Gasteiger partial charge is 0.251 e. The monoisotopic (exact) mass is 418 g/mol. The van der Waals surface area contributed by atoms with Crippen LogP contribution in [0.1, 0.15) is 41.7 Å². The van der Waals surface area contributed by atoms with Gasteiger partial charge in [0.2, 0.25) is 10.0 Å². The lowest BCUT2D eigenvalue weighted by Gasteiger charge is -2.28. The highest BCUT2D eigenvalue weighted by atomic mass is 32.2. The lowest BCUT2D eigenvalue weighted by atomic mass is 10.1. The number of ether oxygens (including phenoxy) is 2. The van der Waals surface area contributed by atoms with Crippen LogP contribution in [-0.4, -0.2) is 40.8 Å². The van der Waals surface area contributed by atoms with Crippen LogP contribution < -0.4 is 19.1 Å². The number of nitrogens with one attached hydrogen (secondary N) is 1. The molecule has 3 rings (SSSR count). The Morgan fingerprint density at radius 3 is 2.59 bits per heavy atom. The predicted octanol–water partition coefficient (Wildman–Crippen LogP) is 3.12. The first-order valence-electron chi connectivity index (χ1n) is 9.49. The number of benzene rings is 2. The van der Waals surface area contributed by atoms with E-state index in [4.69, 9.17) is 9.47 Å². The topological polar surface area (TPSA) is 84.9 Å². The van der Waals surface area contributed by atoms with Crippen molar-refractivity contribution in [2.75, 3.05) is 30.8 Å². The summed E-state index contributed by atoms with van der Waals surface area (Å²) in [4.78, 5) is 12.8. The Hall–Kier alpha value is -2.74. The van der Waals surface area contributed by atoms with E-state index in [-0.39, 0.29) is 17.7 Å². The number of carbonyl (C=O) groups is 1. The molecule has 0 unspecified atom stereocenters. The van der Waals surface area contributed by atoms with Gasteiger partial charge in [-0.1, -0.05) is 6.07 Å². The van der Waals surface area contributed by atoms with Gasteiger partial charge in [0.25, 0.3) is 5.91 Å². The van der Waals surface area contributed by atoms with Gasteiger partial charge in [-0.25, -0.2) is 8.42 Å². The number of sulfonamides is 1. The summed E-state index contributed by atoms with van der Waals surface area (Å²) in [6.45, 7) is 2.29. The van der Waals surface area contributed by atoms with Gasteiger partial charge in [0.15, 0.2) is 0 Å². The Balaban J connectivity index is 1.81. The molecule has 1 N–H and O–H groups in total. The Bertz CT molecular complexity index is 990. The van der Waals surface area contributed by atoms with E-state index in [1.807, 2.05) is 13.0 Å². The van der Waals surface area contributed by atoms with Crippen LogP contribution in [0.2, 0.25) is 0 Å². The van der Waals surface area contributed by atoms with Crippen LogP contribution in [-0.2, 0) is 10.0 Å². The third-order valence-corrected chi connectivity index (χ3v) is 6.87. The van der Waals surface area contributed by atoms with Crippen molar-refractivity contribution in [3.8, 4) is 11.5 Å². The molecule has 1 saturated heterocycles. The number of rotatable bonds is 6. The van der Waals surface area contributed by atoms with E-state index in [0.717, 1.165) is 12.0 Å². The van der Waals surface area contributed by atoms with Gasteiger partial charge in [0.05, 0.1) is 31.7 Å². The van der Waals surface area contributed by atoms with Gasteiger partial charge in [-0.2, -0.15) is 0 Å². The van der Waals surface area contributed by atoms with Crippen molar-refractivity contribution < 1.29 is 22.7 Å². The third kappa shape index (κ3) is 4.64. The summed E-state index contributed by atoms with van der Waals surface area (Å²) >= 11 is 0. The number of carbonyl (C=O) groups excluding carboxylic acids is 1. The molecular weight excluding hydrogens is 392 g/mol. The maximum atomic E-state index is 12.8. The molecule has 1 aliphatic rings. The molecule has 7 nitrogen and oxygen atoms in total. The number of hydrogen-bond donors (Lipinski definition) is 1. The van der Waals surface area contributed by atoms with Crippen LogP contribution in [0.25, 0.3) is 0 Å². The fourth-order valence-electron chi connectivity index (χ4n) is 3.42. The van der Waals surface area contributed by atoms with E-state index in [2.05, 4.69) is 5.32 Å². The number of methoxy groups -OCH3 is 2. The lowest BCUT2D eigenvalue weighted by Crippen LogP contribution is -2.38. The molecule has 0 spiro atoms. The van der Waals surface area contributed by atoms with Crippen molar-refractivity contribution in [2.45, 2.75) is 25.8 Å². The minimum absolute atomic E-state index is 0.135. The van der Waals surface area contributed by atoms with E-state index in [9.17, 15) is 13.2 Å². The quantitative estimate of drug-likeness (QED) is 0.779. The zero-order valence-corrected chi connectivity index (χ0v) is 17.7. The second-order valence-corrected chi connectivity index (χ2v) is 8.96. The highest BCUT2D eigenvalue weighted by Crippen LogP contribution is 2.30. The SMILES string of the molecule is COc1ccc(OC)c([C@H](C)NC(=O)c2cccc(N3CCCCS3(=O)=O)c2)c1. The zero-order chi connectivity index (χ0) is 21.0. The van der Waals surface area contributed by atoms with Crippen LogP contribution >= 0.6 is 0 Å². The number of anilines is 1. The van der Waals surface area contributed by atoms with Crippen LogP contribution in [0.3, 0.4) is 0 Å². The van der Waals surface area contributed by atoms with E-state index in [0.29, 0.717) is 35.7 Å². The molecule has 1 amide bonds. The summed E-state index contributed by atoms with van der Waals surface area (Å²) in [7, 11) is -0.180. The Morgan fingerprint density at radius 2 is 1.90 bits per heavy atom. The first-order chi connectivity index (χ1) is 13.9. The molecule has 1 fully saturated rings. The molecule has 2 aromatic rings. The Labute approximate surface area is 171 Å². The van der Waals surface area contributed by atoms with Gasteiger partial charge in [0.1, 0.15) is 11.5 Å². The summed E-state index contributed by atoms with van der Waals surface area (Å²) in [5, 5.41) is 2.95. The van der Waals surface area contributed by atoms with Crippen LogP contribution in [0, 0.1) is 0 Å². The van der Waals surface area contributed by atoms with E-state index < -0.39 is 10.0 Å². The van der Waals surface area contributed by atoms with Crippen molar-refractivity contribution in [3.05, 3.63) is 53.6 Å². The minimum atomic E-state index is -3.33. The van der Waals surface area contributed by atoms with E-state index in [1.165, 1.54) is 4.31 Å². The van der Waals surface area contributed by atoms with Gasteiger partial charge in [-0.3, -0.25) is 9.10 Å². The summed E-state index contributed by atoms with van der Waals surface area (Å²) in [5.41, 5.74) is 1.70. The molecule has 0 saturated carbocycles. The van der Waals surface area contributed by atoms with Gasteiger partial charge in [-0.15, -0.1) is 0 Å². The first-order valence-corrected chi connectivity index (χ1v) is 11.1. The molecule has 0 aliphatic carbocycles. The van der Waals surface area contributed by atoms with Gasteiger partial charge < -0.3 is 14.8 Å². The molecule has 1 atom stereocenters. The lowest BCUT2D eigenvalue weighted by molar-refractivity contribution is 0.0939. The fraction of sp³-hybridized carbons (Fsp3) is 0.381. The maximum absolute atomic E-state index is 12.8. The fourth-order valence-corrected chi connectivity index (χ4v) is 5.05. The molecule has 0 aromatic heterocycles. The summed E-state index contributed by atoms with van der Waals surface area (Å²) in [5.74, 6) is 1.15. The normalized spacial score (nSPS) is 16.7. The average molecular weight is 419 g/mol. The highest BCUT2D eigenvalue weighted by Gasteiger charge is 2.26. The van der Waals surface area contributed by atoms with Crippen molar-refractivity contribution in [3.63, 3.8) is 0 Å². The van der Waals surface area contributed by atoms with Crippen molar-refractivity contribution >= 4 is 21.6 Å². The molecule has 2 aromatic carbocycles. The van der Waals surface area contributed by atoms with Crippen LogP contribution in [0.4, 0.5) is 5.69 Å². The summed E-state index contributed by atoms with van der Waals surface area (Å²) in [6, 6.07) is 11.8. The molecule has 1 heterocycles. The molecule has 0 radical (unpaired) electrons. The largest absolute Gasteiger partial charge is 0.497 e. The standard InChI is InChI=1S/C21H26N2O5S/c1-15(19-14-18(27-2)9-10-20(19)28-3)22-21(24)16-7-6-8-17(13-16)23-11-4-5-12-29(23,25)26/h6-10,13-15H,4-5,11-12H2,1-3H3,(H,22,24)/t15-/m0/s1. The van der Waals surface area contributed by atoms with Crippen molar-refractivity contribution in [1.29, 1.82) is 0 Å². The van der Waals surface area contributed by atoms with Crippen molar-refractivity contribution in [1.82, 2.24) is 5.32 Å². The molecule has 156 valence electrons. The second-order valence-electron chi connectivity index (χ2n) is 6.95. The number of hydrogen-bond acceptors (Lipinski definition) is 5. The van der Waals surface area contributed by atoms with Crippen molar-refractivity contribution in [2.24, 2.45) is 0 Å². The molecular formula is C21H26N2O5S. The second kappa shape index (κ2) is 8.73. The summed E-state index contributed by atoms with van der Waals surface area (Å²) < 4.78 is 36.8. The highest BCUT2D eigenvalue weighted by molar-refractivity contribution is 7.92. The van der Waals surface area contributed by atoms with Gasteiger partial charge >= 0.3 is 0 Å². The first kappa shape index (κ1) is 21.0. The average Bonchev–Trinajstić information content (AvgIpc) is 2.72. The maximum Gasteiger partial charge on any atom is 0.251 e. The predicted molar refractivity (Wildman–Crippen MR) is 112 cm³/mol. The van der Waals surface area contributed by atoms with Gasteiger partial charge in [-0.05, 0) is 56.2 Å². The minimum Gasteiger partial charge on any atom is -0.497 e. The molecule has 0 bridgehead atoms. The van der Waals surface area contributed by atoms with Crippen LogP contribution in [0.15, 0.2) is 42.5 Å². The number of nitrogens with zero attached hydrogens (tertiary/aromatic N) is 1. The van der Waals surface area contributed by atoms with Gasteiger partial charge in [0, 0.05) is 17.7 Å². The zero-order valence-electron chi connectivity index (χ0n) is 16.8. The van der Waals surface area contributed by atoms with Crippen LogP contribution in [0.5, 0.6) is 11.5 Å². The third-order valence-electron chi connectivity index (χ3n) is 5.00. The number of amides is 1. The van der Waals surface area contributed by atoms with E-state index >= 15 is 0 Å². The Morgan fingerprint density at radius 1 is 1.10 bits per heavy atom. The molecule has 1 aliphatic heterocycles. The molecule has 29 heavy (non-hydrogen) atoms. The summed E-state index contributed by atoms with van der Waals surface area (Å²) in [6.07, 6.45) is 1.47. The molecule has 8 heteroatoms. The van der Waals surface area contributed by atoms with E-state index in [1.54, 1.807) is 50.6 Å². The Kier molecular flexibility index (Phi) is 6.32.